The highest BCUT2D eigenvalue weighted by atomic mass is 79.9. The molecule has 2 aromatic carbocycles. The lowest BCUT2D eigenvalue weighted by Gasteiger charge is -2.30. The first kappa shape index (κ1) is 17.3. The van der Waals surface area contributed by atoms with Gasteiger partial charge >= 0.3 is 0 Å². The molecular weight excluding hydrogens is 433 g/mol. The minimum absolute atomic E-state index is 0. The van der Waals surface area contributed by atoms with Crippen molar-refractivity contribution in [1.82, 2.24) is 0 Å². The second-order valence-corrected chi connectivity index (χ2v) is 6.54. The third-order valence-corrected chi connectivity index (χ3v) is 4.85. The van der Waals surface area contributed by atoms with Gasteiger partial charge < -0.3 is 9.84 Å². The molecule has 3 nitrogen and oxygen atoms in total. The van der Waals surface area contributed by atoms with E-state index >= 15 is 0 Å². The van der Waals surface area contributed by atoms with Gasteiger partial charge in [-0.1, -0.05) is 46.3 Å². The number of hydrogen-bond donors (Lipinski definition) is 1. The van der Waals surface area contributed by atoms with Gasteiger partial charge in [-0.15, -0.1) is 12.4 Å². The van der Waals surface area contributed by atoms with Crippen molar-refractivity contribution >= 4 is 44.3 Å². The predicted octanol–water partition coefficient (Wildman–Crippen LogP) is 5.22. The number of phenolic OH excluding ortho intramolecular Hbond substituents is 1. The summed E-state index contributed by atoms with van der Waals surface area (Å²) >= 11 is 6.79. The van der Waals surface area contributed by atoms with Crippen LogP contribution in [0.5, 0.6) is 5.75 Å². The van der Waals surface area contributed by atoms with Crippen LogP contribution in [-0.2, 0) is 11.2 Å². The summed E-state index contributed by atoms with van der Waals surface area (Å²) < 4.78 is 7.28. The van der Waals surface area contributed by atoms with Gasteiger partial charge in [0.25, 0.3) is 0 Å². The van der Waals surface area contributed by atoms with E-state index in [9.17, 15) is 10.4 Å². The van der Waals surface area contributed by atoms with Crippen molar-refractivity contribution < 1.29 is 9.84 Å². The quantitative estimate of drug-likeness (QED) is 0.655. The maximum atomic E-state index is 10.3. The van der Waals surface area contributed by atoms with E-state index < -0.39 is 6.10 Å². The van der Waals surface area contributed by atoms with Crippen molar-refractivity contribution in [2.75, 3.05) is 0 Å². The first-order chi connectivity index (χ1) is 10.1. The van der Waals surface area contributed by atoms with Crippen LogP contribution < -0.4 is 0 Å². The smallest absolute Gasteiger partial charge is 0.171 e. The van der Waals surface area contributed by atoms with Gasteiger partial charge in [0, 0.05) is 22.0 Å². The van der Waals surface area contributed by atoms with E-state index in [1.807, 2.05) is 30.3 Å². The fraction of sp³-hybridized carbons (Fsp3) is 0.188. The number of fused-ring (bicyclic) bond motifs is 1. The number of aromatic hydroxyl groups is 1. The standard InChI is InChI=1S/C16H11Br2NO2.ClH/c17-11-7-12(18)16(20)10-6-13(9-4-2-1-3-5-9)21-14(8-19)15(10)11;/h1-5,7,13-14,20H,6H2;1H/t13-,14-;/m0./s1. The average molecular weight is 446 g/mol. The lowest BCUT2D eigenvalue weighted by atomic mass is 9.91. The molecule has 0 amide bonds. The van der Waals surface area contributed by atoms with E-state index in [2.05, 4.69) is 37.9 Å². The summed E-state index contributed by atoms with van der Waals surface area (Å²) in [6.07, 6.45) is -0.413. The van der Waals surface area contributed by atoms with Crippen molar-refractivity contribution in [3.8, 4) is 11.8 Å². The Balaban J connectivity index is 0.00000176. The van der Waals surface area contributed by atoms with Crippen LogP contribution in [0.3, 0.4) is 0 Å². The molecule has 22 heavy (non-hydrogen) atoms. The van der Waals surface area contributed by atoms with E-state index in [4.69, 9.17) is 4.74 Å². The Hall–Kier alpha value is -1.06. The van der Waals surface area contributed by atoms with Crippen LogP contribution in [0.15, 0.2) is 45.3 Å². The van der Waals surface area contributed by atoms with Gasteiger partial charge in [0.05, 0.1) is 16.6 Å². The second kappa shape index (κ2) is 7.01. The SMILES string of the molecule is Cl.N#C[C@@H]1O[C@H](c2ccccc2)Cc2c(O)c(Br)cc(Br)c21. The van der Waals surface area contributed by atoms with Gasteiger partial charge in [0.2, 0.25) is 0 Å². The Kier molecular flexibility index (Phi) is 5.51. The van der Waals surface area contributed by atoms with Gasteiger partial charge in [0.1, 0.15) is 5.75 Å². The molecule has 2 aromatic rings. The Labute approximate surface area is 151 Å². The molecule has 2 atom stereocenters. The topological polar surface area (TPSA) is 53.2 Å². The number of halogens is 3. The molecule has 0 bridgehead atoms. The maximum absolute atomic E-state index is 10.3. The van der Waals surface area contributed by atoms with Crippen LogP contribution in [0, 0.1) is 11.3 Å². The molecule has 6 heteroatoms. The molecule has 0 radical (unpaired) electrons. The normalized spacial score (nSPS) is 19.7. The number of benzene rings is 2. The molecular formula is C16H12Br2ClNO2. The van der Waals surface area contributed by atoms with E-state index in [0.717, 1.165) is 15.6 Å². The zero-order valence-electron chi connectivity index (χ0n) is 11.3. The molecule has 0 fully saturated rings. The van der Waals surface area contributed by atoms with Crippen molar-refractivity contribution in [2.24, 2.45) is 0 Å². The van der Waals surface area contributed by atoms with Crippen LogP contribution in [0.4, 0.5) is 0 Å². The number of phenols is 1. The van der Waals surface area contributed by atoms with Gasteiger partial charge in [-0.05, 0) is 27.6 Å². The third kappa shape index (κ3) is 3.02. The van der Waals surface area contributed by atoms with E-state index in [1.54, 1.807) is 6.07 Å². The summed E-state index contributed by atoms with van der Waals surface area (Å²) in [6, 6.07) is 13.7. The molecule has 1 aliphatic heterocycles. The largest absolute Gasteiger partial charge is 0.506 e. The second-order valence-electron chi connectivity index (χ2n) is 4.83. The number of ether oxygens (including phenoxy) is 1. The number of rotatable bonds is 1. The molecule has 0 saturated heterocycles. The molecule has 0 aliphatic carbocycles. The third-order valence-electron chi connectivity index (χ3n) is 3.59. The number of nitrogens with zero attached hydrogens (tertiary/aromatic N) is 1. The van der Waals surface area contributed by atoms with Crippen molar-refractivity contribution in [3.63, 3.8) is 0 Å². The Bertz CT molecular complexity index is 731. The highest BCUT2D eigenvalue weighted by Crippen LogP contribution is 2.46. The molecule has 0 spiro atoms. The van der Waals surface area contributed by atoms with Gasteiger partial charge in [0.15, 0.2) is 6.10 Å². The maximum Gasteiger partial charge on any atom is 0.171 e. The van der Waals surface area contributed by atoms with Crippen molar-refractivity contribution in [1.29, 1.82) is 5.26 Å². The van der Waals surface area contributed by atoms with Crippen LogP contribution in [0.25, 0.3) is 0 Å². The summed E-state index contributed by atoms with van der Waals surface area (Å²) in [7, 11) is 0. The van der Waals surface area contributed by atoms with E-state index in [-0.39, 0.29) is 24.3 Å². The van der Waals surface area contributed by atoms with Gasteiger partial charge in [-0.3, -0.25) is 0 Å². The lowest BCUT2D eigenvalue weighted by Crippen LogP contribution is -2.20. The summed E-state index contributed by atoms with van der Waals surface area (Å²) in [5, 5.41) is 19.7. The molecule has 0 unspecified atom stereocenters. The zero-order valence-corrected chi connectivity index (χ0v) is 15.3. The Morgan fingerprint density at radius 1 is 1.18 bits per heavy atom. The summed E-state index contributed by atoms with van der Waals surface area (Å²) in [6.45, 7) is 0. The highest BCUT2D eigenvalue weighted by Gasteiger charge is 2.33. The van der Waals surface area contributed by atoms with Gasteiger partial charge in [-0.25, -0.2) is 0 Å². The molecule has 1 heterocycles. The van der Waals surface area contributed by atoms with Gasteiger partial charge in [-0.2, -0.15) is 5.26 Å². The Morgan fingerprint density at radius 3 is 2.50 bits per heavy atom. The molecule has 0 saturated carbocycles. The molecule has 114 valence electrons. The minimum Gasteiger partial charge on any atom is -0.506 e. The average Bonchev–Trinajstić information content (AvgIpc) is 2.52. The Morgan fingerprint density at radius 2 is 1.86 bits per heavy atom. The van der Waals surface area contributed by atoms with Crippen molar-refractivity contribution in [2.45, 2.75) is 18.6 Å². The minimum atomic E-state index is -0.702. The number of hydrogen-bond acceptors (Lipinski definition) is 3. The summed E-state index contributed by atoms with van der Waals surface area (Å²) in [4.78, 5) is 0. The number of nitriles is 1. The van der Waals surface area contributed by atoms with Crippen LogP contribution in [0.1, 0.15) is 28.9 Å². The van der Waals surface area contributed by atoms with E-state index in [1.165, 1.54) is 0 Å². The van der Waals surface area contributed by atoms with E-state index in [0.29, 0.717) is 16.5 Å². The fourth-order valence-corrected chi connectivity index (χ4v) is 4.04. The monoisotopic (exact) mass is 443 g/mol. The van der Waals surface area contributed by atoms with Crippen LogP contribution in [0.2, 0.25) is 0 Å². The fourth-order valence-electron chi connectivity index (χ4n) is 2.59. The van der Waals surface area contributed by atoms with Crippen molar-refractivity contribution in [3.05, 3.63) is 62.0 Å². The van der Waals surface area contributed by atoms with Crippen LogP contribution >= 0.6 is 44.3 Å². The summed E-state index contributed by atoms with van der Waals surface area (Å²) in [5.41, 5.74) is 2.46. The molecule has 1 N–H and O–H groups in total. The zero-order chi connectivity index (χ0) is 15.0. The molecule has 1 aliphatic rings. The first-order valence-electron chi connectivity index (χ1n) is 6.41. The van der Waals surface area contributed by atoms with Crippen LogP contribution in [-0.4, -0.2) is 5.11 Å². The lowest BCUT2D eigenvalue weighted by molar-refractivity contribution is 0.00146. The molecule has 0 aromatic heterocycles. The summed E-state index contributed by atoms with van der Waals surface area (Å²) in [5.74, 6) is 0.178. The highest BCUT2D eigenvalue weighted by molar-refractivity contribution is 9.11. The first-order valence-corrected chi connectivity index (χ1v) is 8.00. The predicted molar refractivity (Wildman–Crippen MR) is 93.1 cm³/mol. The molecule has 3 rings (SSSR count).